The molecule has 0 aromatic heterocycles. The molecule has 16 heavy (non-hydrogen) atoms. The minimum atomic E-state index is 0.509. The van der Waals surface area contributed by atoms with E-state index in [0.29, 0.717) is 11.8 Å². The smallest absolute Gasteiger partial charge is 0.0169 e. The standard InChI is InChI=1S/C15H27N/c1-7-14-8-11(4)9-16-13(6)12(5)15(14)10(2)3/h11-12,14-16H,2,6-9H2,1,3-5H3. The average molecular weight is 221 g/mol. The Labute approximate surface area is 101 Å². The fourth-order valence-corrected chi connectivity index (χ4v) is 3.09. The summed E-state index contributed by atoms with van der Waals surface area (Å²) in [7, 11) is 0. The van der Waals surface area contributed by atoms with Crippen LogP contribution in [0.2, 0.25) is 0 Å². The van der Waals surface area contributed by atoms with Gasteiger partial charge in [-0.2, -0.15) is 0 Å². The quantitative estimate of drug-likeness (QED) is 0.695. The van der Waals surface area contributed by atoms with Crippen LogP contribution in [0.15, 0.2) is 24.4 Å². The molecular weight excluding hydrogens is 194 g/mol. The van der Waals surface area contributed by atoms with Gasteiger partial charge in [0, 0.05) is 18.2 Å². The zero-order valence-corrected chi connectivity index (χ0v) is 11.3. The van der Waals surface area contributed by atoms with Crippen molar-refractivity contribution in [1.82, 2.24) is 5.32 Å². The minimum absolute atomic E-state index is 0.509. The molecule has 1 heteroatoms. The molecule has 92 valence electrons. The van der Waals surface area contributed by atoms with Crippen LogP contribution in [0.5, 0.6) is 0 Å². The molecule has 1 nitrogen and oxygen atoms in total. The largest absolute Gasteiger partial charge is 0.388 e. The Hall–Kier alpha value is -0.720. The van der Waals surface area contributed by atoms with Crippen LogP contribution in [-0.4, -0.2) is 6.54 Å². The summed E-state index contributed by atoms with van der Waals surface area (Å²) in [4.78, 5) is 0. The Morgan fingerprint density at radius 2 is 2.06 bits per heavy atom. The van der Waals surface area contributed by atoms with Crippen LogP contribution in [-0.2, 0) is 0 Å². The van der Waals surface area contributed by atoms with Crippen LogP contribution in [0.1, 0.15) is 40.5 Å². The van der Waals surface area contributed by atoms with E-state index in [0.717, 1.165) is 18.4 Å². The third kappa shape index (κ3) is 2.90. The number of hydrogen-bond acceptors (Lipinski definition) is 1. The molecular formula is C15H27N. The summed E-state index contributed by atoms with van der Waals surface area (Å²) < 4.78 is 0. The van der Waals surface area contributed by atoms with Crippen molar-refractivity contribution in [1.29, 1.82) is 0 Å². The summed E-state index contributed by atoms with van der Waals surface area (Å²) in [5, 5.41) is 3.48. The monoisotopic (exact) mass is 221 g/mol. The van der Waals surface area contributed by atoms with Gasteiger partial charge in [-0.15, -0.1) is 0 Å². The lowest BCUT2D eigenvalue weighted by Gasteiger charge is -2.37. The molecule has 4 atom stereocenters. The highest BCUT2D eigenvalue weighted by molar-refractivity contribution is 5.11. The molecule has 0 aromatic rings. The molecule has 1 N–H and O–H groups in total. The molecule has 1 saturated heterocycles. The van der Waals surface area contributed by atoms with Crippen molar-refractivity contribution in [3.05, 3.63) is 24.4 Å². The first-order valence-corrected chi connectivity index (χ1v) is 6.55. The highest BCUT2D eigenvalue weighted by Gasteiger charge is 2.30. The second-order valence-corrected chi connectivity index (χ2v) is 5.58. The summed E-state index contributed by atoms with van der Waals surface area (Å²) in [6.45, 7) is 18.5. The fraction of sp³-hybridized carbons (Fsp3) is 0.733. The van der Waals surface area contributed by atoms with Crippen molar-refractivity contribution in [2.24, 2.45) is 23.7 Å². The predicted molar refractivity (Wildman–Crippen MR) is 72.2 cm³/mol. The second-order valence-electron chi connectivity index (χ2n) is 5.58. The first-order chi connectivity index (χ1) is 7.47. The van der Waals surface area contributed by atoms with Gasteiger partial charge < -0.3 is 5.32 Å². The van der Waals surface area contributed by atoms with E-state index in [4.69, 9.17) is 0 Å². The van der Waals surface area contributed by atoms with Crippen molar-refractivity contribution in [3.8, 4) is 0 Å². The summed E-state index contributed by atoms with van der Waals surface area (Å²) in [6, 6.07) is 0. The van der Waals surface area contributed by atoms with Gasteiger partial charge in [0.05, 0.1) is 0 Å². The third-order valence-electron chi connectivity index (χ3n) is 4.07. The molecule has 4 unspecified atom stereocenters. The molecule has 0 bridgehead atoms. The highest BCUT2D eigenvalue weighted by atomic mass is 14.9. The number of allylic oxidation sites excluding steroid dienone is 2. The predicted octanol–water partition coefficient (Wildman–Crippen LogP) is 3.98. The van der Waals surface area contributed by atoms with Gasteiger partial charge in [0.25, 0.3) is 0 Å². The van der Waals surface area contributed by atoms with Gasteiger partial charge in [-0.1, -0.05) is 45.9 Å². The normalized spacial score (nSPS) is 36.1. The van der Waals surface area contributed by atoms with Crippen molar-refractivity contribution < 1.29 is 0 Å². The minimum Gasteiger partial charge on any atom is -0.388 e. The number of rotatable bonds is 2. The van der Waals surface area contributed by atoms with Gasteiger partial charge in [-0.25, -0.2) is 0 Å². The Morgan fingerprint density at radius 3 is 2.56 bits per heavy atom. The van der Waals surface area contributed by atoms with Crippen molar-refractivity contribution in [3.63, 3.8) is 0 Å². The van der Waals surface area contributed by atoms with Crippen molar-refractivity contribution in [2.45, 2.75) is 40.5 Å². The maximum absolute atomic E-state index is 4.19. The average Bonchev–Trinajstić information content (AvgIpc) is 2.22. The van der Waals surface area contributed by atoms with Gasteiger partial charge in [-0.3, -0.25) is 0 Å². The first kappa shape index (κ1) is 13.3. The molecule has 1 heterocycles. The first-order valence-electron chi connectivity index (χ1n) is 6.55. The molecule has 1 aliphatic rings. The molecule has 0 saturated carbocycles. The number of nitrogens with one attached hydrogen (secondary N) is 1. The van der Waals surface area contributed by atoms with Crippen LogP contribution in [0.25, 0.3) is 0 Å². The molecule has 0 aliphatic carbocycles. The summed E-state index contributed by atoms with van der Waals surface area (Å²) >= 11 is 0. The SMILES string of the molecule is C=C1NCC(C)CC(CC)C(C(=C)C)C1C. The van der Waals surface area contributed by atoms with Crippen molar-refractivity contribution >= 4 is 0 Å². The fourth-order valence-electron chi connectivity index (χ4n) is 3.09. The maximum atomic E-state index is 4.19. The lowest BCUT2D eigenvalue weighted by molar-refractivity contribution is 0.226. The van der Waals surface area contributed by atoms with E-state index < -0.39 is 0 Å². The highest BCUT2D eigenvalue weighted by Crippen LogP contribution is 2.37. The van der Waals surface area contributed by atoms with Gasteiger partial charge >= 0.3 is 0 Å². The lowest BCUT2D eigenvalue weighted by Crippen LogP contribution is -2.35. The molecule has 1 aliphatic heterocycles. The maximum Gasteiger partial charge on any atom is 0.0169 e. The third-order valence-corrected chi connectivity index (χ3v) is 4.07. The van der Waals surface area contributed by atoms with Crippen LogP contribution >= 0.6 is 0 Å². The van der Waals surface area contributed by atoms with Crippen molar-refractivity contribution in [2.75, 3.05) is 6.54 Å². The van der Waals surface area contributed by atoms with Gasteiger partial charge in [0.2, 0.25) is 0 Å². The zero-order chi connectivity index (χ0) is 12.3. The van der Waals surface area contributed by atoms with E-state index in [9.17, 15) is 0 Å². The van der Waals surface area contributed by atoms with E-state index in [2.05, 4.69) is 46.2 Å². The van der Waals surface area contributed by atoms with Gasteiger partial charge in [0.1, 0.15) is 0 Å². The van der Waals surface area contributed by atoms with E-state index in [1.54, 1.807) is 0 Å². The van der Waals surface area contributed by atoms with Crippen LogP contribution in [0.3, 0.4) is 0 Å². The van der Waals surface area contributed by atoms with Crippen LogP contribution in [0, 0.1) is 23.7 Å². The summed E-state index contributed by atoms with van der Waals surface area (Å²) in [6.07, 6.45) is 2.55. The van der Waals surface area contributed by atoms with E-state index in [1.165, 1.54) is 24.1 Å². The van der Waals surface area contributed by atoms with E-state index in [-0.39, 0.29) is 0 Å². The Balaban J connectivity index is 2.93. The summed E-state index contributed by atoms with van der Waals surface area (Å²) in [5.41, 5.74) is 2.51. The zero-order valence-electron chi connectivity index (χ0n) is 11.3. The summed E-state index contributed by atoms with van der Waals surface area (Å²) in [5.74, 6) is 2.60. The molecule has 1 rings (SSSR count). The lowest BCUT2D eigenvalue weighted by atomic mass is 9.71. The molecule has 0 amide bonds. The molecule has 1 fully saturated rings. The van der Waals surface area contributed by atoms with Gasteiger partial charge in [0.15, 0.2) is 0 Å². The van der Waals surface area contributed by atoms with Crippen LogP contribution in [0.4, 0.5) is 0 Å². The molecule has 0 spiro atoms. The second kappa shape index (κ2) is 5.56. The molecule has 0 aromatic carbocycles. The van der Waals surface area contributed by atoms with Gasteiger partial charge in [-0.05, 0) is 31.1 Å². The van der Waals surface area contributed by atoms with E-state index >= 15 is 0 Å². The van der Waals surface area contributed by atoms with E-state index in [1.807, 2.05) is 0 Å². The molecule has 0 radical (unpaired) electrons. The Kier molecular flexibility index (Phi) is 4.64. The Bertz CT molecular complexity index is 267. The Morgan fingerprint density at radius 1 is 1.44 bits per heavy atom. The van der Waals surface area contributed by atoms with Crippen LogP contribution < -0.4 is 5.32 Å². The number of hydrogen-bond donors (Lipinski definition) is 1. The topological polar surface area (TPSA) is 12.0 Å².